The highest BCUT2D eigenvalue weighted by molar-refractivity contribution is 5.92. The smallest absolute Gasteiger partial charge is 0.262 e. The minimum atomic E-state index is -0.168. The van der Waals surface area contributed by atoms with Crippen molar-refractivity contribution in [2.75, 3.05) is 48.4 Å². The average molecular weight is 410 g/mol. The van der Waals surface area contributed by atoms with Crippen LogP contribution in [0.15, 0.2) is 48.5 Å². The fourth-order valence-corrected chi connectivity index (χ4v) is 4.05. The number of carbonyl (C=O) groups excluding carboxylic acids is 1. The van der Waals surface area contributed by atoms with E-state index in [-0.39, 0.29) is 12.5 Å². The molecular weight excluding hydrogens is 378 g/mol. The molecule has 1 saturated heterocycles. The first-order chi connectivity index (χ1) is 14.8. The fourth-order valence-electron chi connectivity index (χ4n) is 4.05. The average Bonchev–Trinajstić information content (AvgIpc) is 2.80. The zero-order valence-corrected chi connectivity index (χ0v) is 17.4. The Hall–Kier alpha value is -2.73. The van der Waals surface area contributed by atoms with E-state index in [0.717, 1.165) is 43.4 Å². The molecule has 2 fully saturated rings. The van der Waals surface area contributed by atoms with Crippen molar-refractivity contribution in [3.05, 3.63) is 48.5 Å². The predicted octanol–water partition coefficient (Wildman–Crippen LogP) is 4.29. The van der Waals surface area contributed by atoms with Crippen LogP contribution in [0.5, 0.6) is 5.75 Å². The number of anilines is 3. The lowest BCUT2D eigenvalue weighted by atomic mass is 9.95. The third-order valence-corrected chi connectivity index (χ3v) is 5.73. The summed E-state index contributed by atoms with van der Waals surface area (Å²) in [7, 11) is 0. The van der Waals surface area contributed by atoms with E-state index in [0.29, 0.717) is 11.8 Å². The van der Waals surface area contributed by atoms with Gasteiger partial charge in [0.05, 0.1) is 13.2 Å². The SMILES string of the molecule is O=C(COc1ccc(NC2CCCCC2)cc1)Nc1ccc(N2CCOCC2)cc1. The second kappa shape index (κ2) is 10.3. The second-order valence-corrected chi connectivity index (χ2v) is 7.99. The first kappa shape index (κ1) is 20.5. The van der Waals surface area contributed by atoms with Gasteiger partial charge in [-0.1, -0.05) is 19.3 Å². The highest BCUT2D eigenvalue weighted by Gasteiger charge is 2.13. The number of ether oxygens (including phenoxy) is 2. The van der Waals surface area contributed by atoms with Crippen molar-refractivity contribution < 1.29 is 14.3 Å². The van der Waals surface area contributed by atoms with Crippen molar-refractivity contribution in [1.82, 2.24) is 0 Å². The molecule has 30 heavy (non-hydrogen) atoms. The van der Waals surface area contributed by atoms with E-state index in [4.69, 9.17) is 9.47 Å². The summed E-state index contributed by atoms with van der Waals surface area (Å²) in [5.74, 6) is 0.528. The quantitative estimate of drug-likeness (QED) is 0.714. The number of benzene rings is 2. The third-order valence-electron chi connectivity index (χ3n) is 5.73. The topological polar surface area (TPSA) is 62.8 Å². The molecular formula is C24H31N3O3. The van der Waals surface area contributed by atoms with Gasteiger partial charge in [-0.15, -0.1) is 0 Å². The molecule has 1 amide bonds. The second-order valence-electron chi connectivity index (χ2n) is 7.99. The summed E-state index contributed by atoms with van der Waals surface area (Å²) in [5.41, 5.74) is 3.03. The summed E-state index contributed by atoms with van der Waals surface area (Å²) in [4.78, 5) is 14.5. The van der Waals surface area contributed by atoms with Crippen LogP contribution in [0.3, 0.4) is 0 Å². The van der Waals surface area contributed by atoms with Gasteiger partial charge in [0.2, 0.25) is 0 Å². The van der Waals surface area contributed by atoms with Gasteiger partial charge in [0.15, 0.2) is 6.61 Å². The number of hydrogen-bond donors (Lipinski definition) is 2. The molecule has 1 aliphatic carbocycles. The number of hydrogen-bond acceptors (Lipinski definition) is 5. The lowest BCUT2D eigenvalue weighted by Gasteiger charge is -2.28. The van der Waals surface area contributed by atoms with Gasteiger partial charge >= 0.3 is 0 Å². The lowest BCUT2D eigenvalue weighted by molar-refractivity contribution is -0.118. The van der Waals surface area contributed by atoms with Gasteiger partial charge in [0, 0.05) is 36.2 Å². The Morgan fingerprint density at radius 3 is 2.30 bits per heavy atom. The van der Waals surface area contributed by atoms with Gasteiger partial charge in [-0.3, -0.25) is 4.79 Å². The molecule has 0 radical (unpaired) electrons. The molecule has 1 aliphatic heterocycles. The standard InChI is InChI=1S/C24H31N3O3/c28-24(26-21-6-10-22(11-7-21)27-14-16-29-17-15-27)18-30-23-12-8-20(9-13-23)25-19-4-2-1-3-5-19/h6-13,19,25H,1-5,14-18H2,(H,26,28). The van der Waals surface area contributed by atoms with Crippen LogP contribution in [0, 0.1) is 0 Å². The number of carbonyl (C=O) groups is 1. The Morgan fingerprint density at radius 1 is 0.933 bits per heavy atom. The molecule has 1 saturated carbocycles. The van der Waals surface area contributed by atoms with Gasteiger partial charge < -0.3 is 25.0 Å². The van der Waals surface area contributed by atoms with Gasteiger partial charge in [-0.05, 0) is 61.4 Å². The summed E-state index contributed by atoms with van der Waals surface area (Å²) in [6.45, 7) is 3.30. The lowest BCUT2D eigenvalue weighted by Crippen LogP contribution is -2.36. The van der Waals surface area contributed by atoms with Crippen molar-refractivity contribution >= 4 is 23.0 Å². The van der Waals surface area contributed by atoms with Crippen LogP contribution in [-0.4, -0.2) is 44.9 Å². The molecule has 0 atom stereocenters. The molecule has 0 bridgehead atoms. The molecule has 0 spiro atoms. The molecule has 160 valence electrons. The molecule has 6 nitrogen and oxygen atoms in total. The number of nitrogens with one attached hydrogen (secondary N) is 2. The number of morpholine rings is 1. The summed E-state index contributed by atoms with van der Waals surface area (Å²) in [6.07, 6.45) is 6.45. The van der Waals surface area contributed by atoms with E-state index < -0.39 is 0 Å². The maximum absolute atomic E-state index is 12.2. The molecule has 2 aromatic rings. The Balaban J connectivity index is 1.21. The zero-order chi connectivity index (χ0) is 20.6. The monoisotopic (exact) mass is 409 g/mol. The van der Waals surface area contributed by atoms with E-state index >= 15 is 0 Å². The van der Waals surface area contributed by atoms with E-state index in [2.05, 4.69) is 15.5 Å². The molecule has 0 aromatic heterocycles. The highest BCUT2D eigenvalue weighted by atomic mass is 16.5. The summed E-state index contributed by atoms with van der Waals surface area (Å²) in [6, 6.07) is 16.3. The third kappa shape index (κ3) is 5.89. The molecule has 2 aromatic carbocycles. The molecule has 0 unspecified atom stereocenters. The van der Waals surface area contributed by atoms with Crippen LogP contribution in [-0.2, 0) is 9.53 Å². The molecule has 6 heteroatoms. The first-order valence-electron chi connectivity index (χ1n) is 11.0. The summed E-state index contributed by atoms with van der Waals surface area (Å²) in [5, 5.41) is 6.48. The maximum Gasteiger partial charge on any atom is 0.262 e. The van der Waals surface area contributed by atoms with Crippen molar-refractivity contribution in [1.29, 1.82) is 0 Å². The Labute approximate surface area is 178 Å². The van der Waals surface area contributed by atoms with Gasteiger partial charge in [-0.25, -0.2) is 0 Å². The van der Waals surface area contributed by atoms with E-state index in [1.54, 1.807) is 0 Å². The summed E-state index contributed by atoms with van der Waals surface area (Å²) >= 11 is 0. The van der Waals surface area contributed by atoms with Gasteiger partial charge in [0.25, 0.3) is 5.91 Å². The van der Waals surface area contributed by atoms with Crippen molar-refractivity contribution in [3.63, 3.8) is 0 Å². The zero-order valence-electron chi connectivity index (χ0n) is 17.4. The summed E-state index contributed by atoms with van der Waals surface area (Å²) < 4.78 is 11.0. The maximum atomic E-state index is 12.2. The van der Waals surface area contributed by atoms with Crippen LogP contribution in [0.1, 0.15) is 32.1 Å². The van der Waals surface area contributed by atoms with Crippen LogP contribution in [0.25, 0.3) is 0 Å². The minimum absolute atomic E-state index is 0.0133. The van der Waals surface area contributed by atoms with Crippen molar-refractivity contribution in [2.24, 2.45) is 0 Å². The molecule has 2 aliphatic rings. The Bertz CT molecular complexity index is 795. The Kier molecular flexibility index (Phi) is 7.08. The van der Waals surface area contributed by atoms with Gasteiger partial charge in [0.1, 0.15) is 5.75 Å². The first-order valence-corrected chi connectivity index (χ1v) is 11.0. The number of nitrogens with zero attached hydrogens (tertiary/aromatic N) is 1. The molecule has 4 rings (SSSR count). The van der Waals surface area contributed by atoms with Crippen molar-refractivity contribution in [3.8, 4) is 5.75 Å². The largest absolute Gasteiger partial charge is 0.484 e. The van der Waals surface area contributed by atoms with Crippen molar-refractivity contribution in [2.45, 2.75) is 38.1 Å². The van der Waals surface area contributed by atoms with Gasteiger partial charge in [-0.2, -0.15) is 0 Å². The van der Waals surface area contributed by atoms with E-state index in [1.165, 1.54) is 32.1 Å². The molecule has 2 N–H and O–H groups in total. The highest BCUT2D eigenvalue weighted by Crippen LogP contribution is 2.23. The Morgan fingerprint density at radius 2 is 1.60 bits per heavy atom. The van der Waals surface area contributed by atoms with E-state index in [9.17, 15) is 4.79 Å². The molecule has 1 heterocycles. The number of amides is 1. The van der Waals surface area contributed by atoms with Crippen LogP contribution >= 0.6 is 0 Å². The van der Waals surface area contributed by atoms with E-state index in [1.807, 2.05) is 48.5 Å². The number of rotatable bonds is 7. The van der Waals surface area contributed by atoms with Crippen LogP contribution in [0.4, 0.5) is 17.1 Å². The predicted molar refractivity (Wildman–Crippen MR) is 121 cm³/mol. The minimum Gasteiger partial charge on any atom is -0.484 e. The fraction of sp³-hybridized carbons (Fsp3) is 0.458. The normalized spacial score (nSPS) is 17.4. The van der Waals surface area contributed by atoms with Crippen LogP contribution < -0.4 is 20.3 Å². The van der Waals surface area contributed by atoms with Crippen LogP contribution in [0.2, 0.25) is 0 Å².